The van der Waals surface area contributed by atoms with E-state index in [1.165, 1.54) is 0 Å². The molecule has 1 aromatic rings. The van der Waals surface area contributed by atoms with Crippen LogP contribution < -0.4 is 0 Å². The molecule has 1 rings (SSSR count). The van der Waals surface area contributed by atoms with Crippen LogP contribution in [-0.4, -0.2) is 30.1 Å². The molecule has 1 N–H and O–H groups in total. The van der Waals surface area contributed by atoms with E-state index in [9.17, 15) is 4.79 Å². The van der Waals surface area contributed by atoms with Crippen LogP contribution in [0.15, 0.2) is 22.7 Å². The molecule has 0 amide bonds. The average Bonchev–Trinajstić information content (AvgIpc) is 2.10. The Kier molecular flexibility index (Phi) is 3.88. The van der Waals surface area contributed by atoms with Gasteiger partial charge in [0.25, 0.3) is 0 Å². The minimum absolute atomic E-state index is 0.595. The standard InChI is InChI=1S/C11H14BrNO2/c1-7-4-5-8(6-9(7)12)10(11(14)15)13(2)3/h4-6,10H,1-3H3,(H,14,15). The van der Waals surface area contributed by atoms with Crippen molar-refractivity contribution in [3.05, 3.63) is 33.8 Å². The first-order valence-electron chi connectivity index (χ1n) is 4.58. The van der Waals surface area contributed by atoms with E-state index in [0.717, 1.165) is 15.6 Å². The average molecular weight is 272 g/mol. The van der Waals surface area contributed by atoms with Gasteiger partial charge in [-0.2, -0.15) is 0 Å². The third-order valence-electron chi connectivity index (χ3n) is 2.26. The van der Waals surface area contributed by atoms with Crippen molar-refractivity contribution < 1.29 is 9.90 Å². The molecule has 15 heavy (non-hydrogen) atoms. The maximum Gasteiger partial charge on any atom is 0.325 e. The number of hydrogen-bond acceptors (Lipinski definition) is 2. The molecule has 4 heteroatoms. The fourth-order valence-electron chi connectivity index (χ4n) is 1.44. The van der Waals surface area contributed by atoms with Crippen molar-refractivity contribution in [2.24, 2.45) is 0 Å². The Morgan fingerprint density at radius 3 is 2.47 bits per heavy atom. The van der Waals surface area contributed by atoms with Crippen molar-refractivity contribution in [1.29, 1.82) is 0 Å². The van der Waals surface area contributed by atoms with Crippen LogP contribution in [0.4, 0.5) is 0 Å². The van der Waals surface area contributed by atoms with E-state index in [2.05, 4.69) is 15.9 Å². The molecule has 1 unspecified atom stereocenters. The molecule has 82 valence electrons. The van der Waals surface area contributed by atoms with Crippen molar-refractivity contribution in [3.63, 3.8) is 0 Å². The zero-order chi connectivity index (χ0) is 11.6. The van der Waals surface area contributed by atoms with Gasteiger partial charge in [0, 0.05) is 4.47 Å². The summed E-state index contributed by atoms with van der Waals surface area (Å²) in [7, 11) is 3.51. The van der Waals surface area contributed by atoms with Gasteiger partial charge in [0.2, 0.25) is 0 Å². The quantitative estimate of drug-likeness (QED) is 0.918. The Morgan fingerprint density at radius 1 is 1.47 bits per heavy atom. The van der Waals surface area contributed by atoms with Gasteiger partial charge in [-0.25, -0.2) is 0 Å². The highest BCUT2D eigenvalue weighted by Gasteiger charge is 2.22. The number of carboxylic acids is 1. The Morgan fingerprint density at radius 2 is 2.07 bits per heavy atom. The molecule has 3 nitrogen and oxygen atoms in total. The Labute approximate surface area is 97.8 Å². The van der Waals surface area contributed by atoms with Crippen LogP contribution in [0, 0.1) is 6.92 Å². The van der Waals surface area contributed by atoms with E-state index in [0.29, 0.717) is 0 Å². The van der Waals surface area contributed by atoms with Crippen molar-refractivity contribution >= 4 is 21.9 Å². The number of aryl methyl sites for hydroxylation is 1. The van der Waals surface area contributed by atoms with Crippen LogP contribution in [0.5, 0.6) is 0 Å². The van der Waals surface area contributed by atoms with E-state index in [1.807, 2.05) is 25.1 Å². The lowest BCUT2D eigenvalue weighted by Crippen LogP contribution is -2.27. The van der Waals surface area contributed by atoms with E-state index >= 15 is 0 Å². The topological polar surface area (TPSA) is 40.5 Å². The summed E-state index contributed by atoms with van der Waals surface area (Å²) in [6, 6.07) is 5.02. The second-order valence-electron chi connectivity index (χ2n) is 3.71. The van der Waals surface area contributed by atoms with E-state index < -0.39 is 12.0 Å². The molecule has 0 aliphatic carbocycles. The fourth-order valence-corrected chi connectivity index (χ4v) is 1.84. The van der Waals surface area contributed by atoms with Crippen molar-refractivity contribution in [1.82, 2.24) is 4.90 Å². The number of likely N-dealkylation sites (N-methyl/N-ethyl adjacent to an activating group) is 1. The zero-order valence-corrected chi connectivity index (χ0v) is 10.6. The smallest absolute Gasteiger partial charge is 0.325 e. The maximum absolute atomic E-state index is 11.1. The lowest BCUT2D eigenvalue weighted by atomic mass is 10.0. The molecule has 0 aliphatic rings. The molecular weight excluding hydrogens is 258 g/mol. The van der Waals surface area contributed by atoms with Crippen LogP contribution in [0.2, 0.25) is 0 Å². The van der Waals surface area contributed by atoms with Gasteiger partial charge in [0.15, 0.2) is 0 Å². The second-order valence-corrected chi connectivity index (χ2v) is 4.57. The molecule has 0 heterocycles. The number of benzene rings is 1. The molecule has 1 atom stereocenters. The summed E-state index contributed by atoms with van der Waals surface area (Å²) in [5, 5.41) is 9.10. The highest BCUT2D eigenvalue weighted by molar-refractivity contribution is 9.10. The van der Waals surface area contributed by atoms with E-state index in [-0.39, 0.29) is 0 Å². The number of carboxylic acid groups (broad SMARTS) is 1. The van der Waals surface area contributed by atoms with Gasteiger partial charge in [0.05, 0.1) is 0 Å². The molecule has 0 saturated heterocycles. The summed E-state index contributed by atoms with van der Waals surface area (Å²) >= 11 is 3.40. The van der Waals surface area contributed by atoms with Gasteiger partial charge >= 0.3 is 5.97 Å². The summed E-state index contributed by atoms with van der Waals surface area (Å²) in [5.41, 5.74) is 1.88. The molecule has 1 aromatic carbocycles. The van der Waals surface area contributed by atoms with Crippen LogP contribution >= 0.6 is 15.9 Å². The molecule has 0 aromatic heterocycles. The Balaban J connectivity index is 3.12. The summed E-state index contributed by atoms with van der Waals surface area (Å²) in [5.74, 6) is -0.837. The Bertz CT molecular complexity index is 377. The second kappa shape index (κ2) is 4.77. The summed E-state index contributed by atoms with van der Waals surface area (Å²) in [6.45, 7) is 1.97. The summed E-state index contributed by atoms with van der Waals surface area (Å²) in [6.07, 6.45) is 0. The fraction of sp³-hybridized carbons (Fsp3) is 0.364. The summed E-state index contributed by atoms with van der Waals surface area (Å²) < 4.78 is 0.938. The lowest BCUT2D eigenvalue weighted by molar-refractivity contribution is -0.142. The van der Waals surface area contributed by atoms with Crippen LogP contribution in [0.3, 0.4) is 0 Å². The third kappa shape index (κ3) is 2.79. The number of rotatable bonds is 3. The zero-order valence-electron chi connectivity index (χ0n) is 8.99. The number of carbonyl (C=O) groups is 1. The number of aliphatic carboxylic acids is 1. The first-order chi connectivity index (χ1) is 6.93. The van der Waals surface area contributed by atoms with Gasteiger partial charge in [-0.15, -0.1) is 0 Å². The lowest BCUT2D eigenvalue weighted by Gasteiger charge is -2.20. The van der Waals surface area contributed by atoms with Crippen LogP contribution in [-0.2, 0) is 4.79 Å². The van der Waals surface area contributed by atoms with Gasteiger partial charge in [-0.3, -0.25) is 9.69 Å². The van der Waals surface area contributed by atoms with Gasteiger partial charge in [-0.1, -0.05) is 28.1 Å². The van der Waals surface area contributed by atoms with Crippen LogP contribution in [0.25, 0.3) is 0 Å². The molecule has 0 aliphatic heterocycles. The normalized spacial score (nSPS) is 12.9. The first kappa shape index (κ1) is 12.2. The largest absolute Gasteiger partial charge is 0.480 e. The Hall–Kier alpha value is -0.870. The number of hydrogen-bond donors (Lipinski definition) is 1. The predicted octanol–water partition coefficient (Wildman–Crippen LogP) is 2.44. The first-order valence-corrected chi connectivity index (χ1v) is 5.38. The maximum atomic E-state index is 11.1. The highest BCUT2D eigenvalue weighted by atomic mass is 79.9. The minimum atomic E-state index is -0.837. The molecule has 0 saturated carbocycles. The SMILES string of the molecule is Cc1ccc(C(C(=O)O)N(C)C)cc1Br. The monoisotopic (exact) mass is 271 g/mol. The molecule has 0 fully saturated rings. The van der Waals surface area contributed by atoms with Crippen molar-refractivity contribution in [2.75, 3.05) is 14.1 Å². The third-order valence-corrected chi connectivity index (χ3v) is 3.12. The van der Waals surface area contributed by atoms with Crippen LogP contribution in [0.1, 0.15) is 17.2 Å². The molecule has 0 spiro atoms. The van der Waals surface area contributed by atoms with Gasteiger partial charge in [-0.05, 0) is 38.2 Å². The van der Waals surface area contributed by atoms with Gasteiger partial charge < -0.3 is 5.11 Å². The van der Waals surface area contributed by atoms with Crippen molar-refractivity contribution in [2.45, 2.75) is 13.0 Å². The number of halogens is 1. The summed E-state index contributed by atoms with van der Waals surface area (Å²) in [4.78, 5) is 12.8. The van der Waals surface area contributed by atoms with E-state index in [1.54, 1.807) is 19.0 Å². The predicted molar refractivity (Wildman–Crippen MR) is 62.9 cm³/mol. The molecule has 0 radical (unpaired) electrons. The highest BCUT2D eigenvalue weighted by Crippen LogP contribution is 2.24. The number of nitrogens with zero attached hydrogens (tertiary/aromatic N) is 1. The molecular formula is C11H14BrNO2. The van der Waals surface area contributed by atoms with E-state index in [4.69, 9.17) is 5.11 Å². The molecule has 0 bridgehead atoms. The van der Waals surface area contributed by atoms with Crippen molar-refractivity contribution in [3.8, 4) is 0 Å². The minimum Gasteiger partial charge on any atom is -0.480 e. The van der Waals surface area contributed by atoms with Gasteiger partial charge in [0.1, 0.15) is 6.04 Å².